The van der Waals surface area contributed by atoms with Crippen molar-refractivity contribution in [3.05, 3.63) is 47.7 Å². The normalized spacial score (nSPS) is 23.8. The fourth-order valence-corrected chi connectivity index (χ4v) is 5.49. The Bertz CT molecular complexity index is 841. The first-order valence-electron chi connectivity index (χ1n) is 13.2. The Hall–Kier alpha value is -2.02. The Balaban J connectivity index is 1.40. The number of benzene rings is 1. The summed E-state index contributed by atoms with van der Waals surface area (Å²) < 4.78 is 12.0. The smallest absolute Gasteiger partial charge is 0.142 e. The Kier molecular flexibility index (Phi) is 8.92. The summed E-state index contributed by atoms with van der Waals surface area (Å²) >= 11 is 0. The van der Waals surface area contributed by atoms with E-state index in [0.29, 0.717) is 12.5 Å². The Morgan fingerprint density at radius 1 is 1.26 bits per heavy atom. The summed E-state index contributed by atoms with van der Waals surface area (Å²) in [5.74, 6) is 1.55. The monoisotopic (exact) mass is 468 g/mol. The number of fused-ring (bicyclic) bond motifs is 1. The van der Waals surface area contributed by atoms with Gasteiger partial charge in [-0.1, -0.05) is 25.1 Å². The minimum Gasteiger partial charge on any atom is -0.487 e. The molecule has 0 aliphatic carbocycles. The number of hydrogen-bond donors (Lipinski definition) is 2. The Morgan fingerprint density at radius 3 is 2.76 bits per heavy atom. The fraction of sp³-hybridized carbons (Fsp3) is 0.643. The standard InChI is InChI=1S/C28H44N4O2/c1-5-15-33-16-7-8-21(3)25-20-34-27-10-9-23(17-26(27)30-28(25)29-6-2)22-11-13-32(14-12-22)24-18-31(4)19-24/h6,9-10,17,22,24,28-30H,2,5,7-8,11-16,18-20H2,1,3-4H3/b25-21+. The van der Waals surface area contributed by atoms with Crippen molar-refractivity contribution in [3.63, 3.8) is 0 Å². The second kappa shape index (κ2) is 12.1. The number of rotatable bonds is 10. The number of likely N-dealkylation sites (tertiary alicyclic amines) is 2. The first-order valence-corrected chi connectivity index (χ1v) is 13.2. The van der Waals surface area contributed by atoms with E-state index < -0.39 is 0 Å². The van der Waals surface area contributed by atoms with Crippen LogP contribution in [0.25, 0.3) is 0 Å². The Morgan fingerprint density at radius 2 is 2.06 bits per heavy atom. The number of likely N-dealkylation sites (N-methyl/N-ethyl adjacent to an activating group) is 1. The number of nitrogens with one attached hydrogen (secondary N) is 2. The fourth-order valence-electron chi connectivity index (χ4n) is 5.49. The molecule has 6 nitrogen and oxygen atoms in total. The molecule has 6 heteroatoms. The van der Waals surface area contributed by atoms with Crippen molar-refractivity contribution in [2.75, 3.05) is 58.4 Å². The van der Waals surface area contributed by atoms with Gasteiger partial charge in [-0.2, -0.15) is 0 Å². The van der Waals surface area contributed by atoms with E-state index >= 15 is 0 Å². The third kappa shape index (κ3) is 6.15. The summed E-state index contributed by atoms with van der Waals surface area (Å²) in [6.07, 6.45) is 7.35. The summed E-state index contributed by atoms with van der Waals surface area (Å²) in [5.41, 5.74) is 5.12. The maximum atomic E-state index is 6.29. The van der Waals surface area contributed by atoms with E-state index in [2.05, 4.69) is 66.1 Å². The lowest BCUT2D eigenvalue weighted by atomic mass is 9.88. The van der Waals surface area contributed by atoms with E-state index in [9.17, 15) is 0 Å². The summed E-state index contributed by atoms with van der Waals surface area (Å²) in [7, 11) is 2.21. The van der Waals surface area contributed by atoms with Crippen LogP contribution in [0.5, 0.6) is 5.75 Å². The molecule has 1 unspecified atom stereocenters. The van der Waals surface area contributed by atoms with Crippen LogP contribution in [-0.2, 0) is 4.74 Å². The van der Waals surface area contributed by atoms with Gasteiger partial charge < -0.3 is 25.0 Å². The molecule has 2 fully saturated rings. The number of hydrogen-bond acceptors (Lipinski definition) is 6. The highest BCUT2D eigenvalue weighted by Crippen LogP contribution is 2.37. The lowest BCUT2D eigenvalue weighted by Crippen LogP contribution is -2.59. The topological polar surface area (TPSA) is 49.0 Å². The second-order valence-electron chi connectivity index (χ2n) is 10.2. The molecule has 34 heavy (non-hydrogen) atoms. The van der Waals surface area contributed by atoms with Gasteiger partial charge in [-0.05, 0) is 89.0 Å². The van der Waals surface area contributed by atoms with Gasteiger partial charge in [0.1, 0.15) is 18.5 Å². The summed E-state index contributed by atoms with van der Waals surface area (Å²) in [4.78, 5) is 5.10. The van der Waals surface area contributed by atoms with Gasteiger partial charge in [0.25, 0.3) is 0 Å². The molecular weight excluding hydrogens is 424 g/mol. The zero-order valence-corrected chi connectivity index (χ0v) is 21.4. The first kappa shape index (κ1) is 25.1. The van der Waals surface area contributed by atoms with E-state index in [1.807, 2.05) is 0 Å². The van der Waals surface area contributed by atoms with Gasteiger partial charge in [-0.25, -0.2) is 0 Å². The molecule has 0 spiro atoms. The SMILES string of the molecule is C=CNC1Nc2cc(C3CCN(C4CN(C)C4)CC3)ccc2OC/C1=C(/C)CCCOCCC. The van der Waals surface area contributed by atoms with Gasteiger partial charge >= 0.3 is 0 Å². The quantitative estimate of drug-likeness (QED) is 0.388. The van der Waals surface area contributed by atoms with Crippen molar-refractivity contribution in [1.82, 2.24) is 15.1 Å². The van der Waals surface area contributed by atoms with E-state index in [-0.39, 0.29) is 6.17 Å². The molecule has 1 aromatic rings. The molecule has 188 valence electrons. The van der Waals surface area contributed by atoms with Crippen LogP contribution in [0.2, 0.25) is 0 Å². The molecule has 3 aliphatic heterocycles. The summed E-state index contributed by atoms with van der Waals surface area (Å²) in [5, 5.41) is 7.13. The molecule has 0 bridgehead atoms. The average Bonchev–Trinajstić information content (AvgIpc) is 3.01. The molecule has 0 radical (unpaired) electrons. The minimum absolute atomic E-state index is 0.0111. The molecular formula is C28H44N4O2. The van der Waals surface area contributed by atoms with E-state index in [1.54, 1.807) is 6.20 Å². The van der Waals surface area contributed by atoms with E-state index in [0.717, 1.165) is 50.0 Å². The third-order valence-corrected chi connectivity index (χ3v) is 7.62. The molecule has 1 aromatic carbocycles. The molecule has 2 N–H and O–H groups in total. The van der Waals surface area contributed by atoms with Crippen LogP contribution in [0.1, 0.15) is 57.4 Å². The van der Waals surface area contributed by atoms with Crippen molar-refractivity contribution >= 4 is 5.69 Å². The van der Waals surface area contributed by atoms with E-state index in [4.69, 9.17) is 9.47 Å². The highest BCUT2D eigenvalue weighted by molar-refractivity contribution is 5.61. The van der Waals surface area contributed by atoms with Crippen molar-refractivity contribution in [1.29, 1.82) is 0 Å². The average molecular weight is 469 g/mol. The molecule has 2 saturated heterocycles. The molecule has 0 aromatic heterocycles. The predicted octanol–water partition coefficient (Wildman–Crippen LogP) is 4.57. The van der Waals surface area contributed by atoms with Gasteiger partial charge in [0.15, 0.2) is 0 Å². The third-order valence-electron chi connectivity index (χ3n) is 7.62. The number of allylic oxidation sites excluding steroid dienone is 1. The zero-order chi connectivity index (χ0) is 23.9. The van der Waals surface area contributed by atoms with Crippen LogP contribution in [0, 0.1) is 0 Å². The zero-order valence-electron chi connectivity index (χ0n) is 21.4. The van der Waals surface area contributed by atoms with Crippen molar-refractivity contribution < 1.29 is 9.47 Å². The molecule has 0 amide bonds. The van der Waals surface area contributed by atoms with Crippen LogP contribution >= 0.6 is 0 Å². The molecule has 3 aliphatic rings. The van der Waals surface area contributed by atoms with Gasteiger partial charge in [0.2, 0.25) is 0 Å². The first-order chi connectivity index (χ1) is 16.6. The molecule has 0 saturated carbocycles. The minimum atomic E-state index is -0.0111. The molecule has 3 heterocycles. The summed E-state index contributed by atoms with van der Waals surface area (Å²) in [6, 6.07) is 7.53. The van der Waals surface area contributed by atoms with Crippen molar-refractivity contribution in [3.8, 4) is 5.75 Å². The predicted molar refractivity (Wildman–Crippen MR) is 141 cm³/mol. The van der Waals surface area contributed by atoms with E-state index in [1.165, 1.54) is 55.7 Å². The molecule has 1 atom stereocenters. The lowest BCUT2D eigenvalue weighted by molar-refractivity contribution is 0.0363. The second-order valence-corrected chi connectivity index (χ2v) is 10.2. The van der Waals surface area contributed by atoms with Crippen LogP contribution in [0.4, 0.5) is 5.69 Å². The largest absolute Gasteiger partial charge is 0.487 e. The number of ether oxygens (including phenoxy) is 2. The highest BCUT2D eigenvalue weighted by atomic mass is 16.5. The number of nitrogens with zero attached hydrogens (tertiary/aromatic N) is 2. The van der Waals surface area contributed by atoms with Crippen molar-refractivity contribution in [2.24, 2.45) is 0 Å². The lowest BCUT2D eigenvalue weighted by Gasteiger charge is -2.46. The van der Waals surface area contributed by atoms with Crippen LogP contribution in [0.15, 0.2) is 42.1 Å². The highest BCUT2D eigenvalue weighted by Gasteiger charge is 2.32. The van der Waals surface area contributed by atoms with Crippen LogP contribution in [-0.4, -0.2) is 75.1 Å². The maximum absolute atomic E-state index is 6.29. The number of piperidine rings is 1. The van der Waals surface area contributed by atoms with Gasteiger partial charge in [-0.15, -0.1) is 0 Å². The van der Waals surface area contributed by atoms with Gasteiger partial charge in [0.05, 0.1) is 5.69 Å². The maximum Gasteiger partial charge on any atom is 0.142 e. The van der Waals surface area contributed by atoms with Gasteiger partial charge in [0, 0.05) is 37.9 Å². The summed E-state index contributed by atoms with van der Waals surface area (Å²) in [6.45, 7) is 15.4. The van der Waals surface area contributed by atoms with Crippen LogP contribution < -0.4 is 15.4 Å². The van der Waals surface area contributed by atoms with Gasteiger partial charge in [-0.3, -0.25) is 4.90 Å². The van der Waals surface area contributed by atoms with Crippen molar-refractivity contribution in [2.45, 2.75) is 64.1 Å². The number of anilines is 1. The Labute approximate surface area is 206 Å². The molecule has 4 rings (SSSR count). The van der Waals surface area contributed by atoms with Crippen LogP contribution in [0.3, 0.4) is 0 Å².